The molecule has 0 atom stereocenters. The Bertz CT molecular complexity index is 826. The fourth-order valence-electron chi connectivity index (χ4n) is 3.80. The number of nitrogens with one attached hydrogen (secondary N) is 2. The van der Waals surface area contributed by atoms with E-state index in [4.69, 9.17) is 4.74 Å². The Balaban J connectivity index is 0.00000225. The van der Waals surface area contributed by atoms with Gasteiger partial charge in [0.15, 0.2) is 0 Å². The zero-order valence-electron chi connectivity index (χ0n) is 15.9. The summed E-state index contributed by atoms with van der Waals surface area (Å²) >= 11 is 0. The first-order chi connectivity index (χ1) is 13.2. The van der Waals surface area contributed by atoms with Crippen LogP contribution in [-0.2, 0) is 20.9 Å². The van der Waals surface area contributed by atoms with Crippen LogP contribution in [0, 0.1) is 5.92 Å². The average Bonchev–Trinajstić information content (AvgIpc) is 3.11. The van der Waals surface area contributed by atoms with Crippen molar-refractivity contribution in [1.29, 1.82) is 0 Å². The Morgan fingerprint density at radius 3 is 2.64 bits per heavy atom. The molecular formula is C20H27ClN4O3. The highest BCUT2D eigenvalue weighted by Gasteiger charge is 2.21. The summed E-state index contributed by atoms with van der Waals surface area (Å²) in [5, 5.41) is 7.34. The van der Waals surface area contributed by atoms with Crippen LogP contribution in [0.3, 0.4) is 0 Å². The van der Waals surface area contributed by atoms with Gasteiger partial charge in [0, 0.05) is 41.8 Å². The van der Waals surface area contributed by atoms with Crippen LogP contribution in [0.25, 0.3) is 10.9 Å². The maximum atomic E-state index is 12.5. The summed E-state index contributed by atoms with van der Waals surface area (Å²) in [7, 11) is 0. The van der Waals surface area contributed by atoms with Gasteiger partial charge in [0.2, 0.25) is 11.8 Å². The Kier molecular flexibility index (Phi) is 6.93. The summed E-state index contributed by atoms with van der Waals surface area (Å²) < 4.78 is 7.27. The smallest absolute Gasteiger partial charge is 0.242 e. The Hall–Kier alpha value is -2.09. The molecule has 0 radical (unpaired) electrons. The molecule has 2 aromatic rings. The topological polar surface area (TPSA) is 75.6 Å². The molecule has 152 valence electrons. The van der Waals surface area contributed by atoms with E-state index in [1.807, 2.05) is 39.9 Å². The van der Waals surface area contributed by atoms with Crippen LogP contribution in [0.2, 0.25) is 0 Å². The normalized spacial score (nSPS) is 17.9. The number of fused-ring (bicyclic) bond motifs is 1. The Morgan fingerprint density at radius 1 is 1.14 bits per heavy atom. The molecular weight excluding hydrogens is 380 g/mol. The molecule has 3 heterocycles. The number of nitrogens with zero attached hydrogens (tertiary/aromatic N) is 2. The van der Waals surface area contributed by atoms with Crippen molar-refractivity contribution in [3.8, 4) is 0 Å². The first kappa shape index (κ1) is 20.6. The van der Waals surface area contributed by atoms with E-state index in [0.29, 0.717) is 32.8 Å². The molecule has 0 saturated carbocycles. The van der Waals surface area contributed by atoms with Gasteiger partial charge in [0.25, 0.3) is 0 Å². The van der Waals surface area contributed by atoms with Gasteiger partial charge in [0.05, 0.1) is 13.2 Å². The number of anilines is 1. The number of carbonyl (C=O) groups is 2. The number of amides is 2. The summed E-state index contributed by atoms with van der Waals surface area (Å²) in [5.41, 5.74) is 1.81. The van der Waals surface area contributed by atoms with Gasteiger partial charge in [-0.3, -0.25) is 9.59 Å². The molecule has 0 aliphatic carbocycles. The quantitative estimate of drug-likeness (QED) is 0.812. The SMILES string of the molecule is Cl.O=C(Nc1ccc2c(ccn2CC(=O)N2CCOCC2)c1)C1CCNCC1. The summed E-state index contributed by atoms with van der Waals surface area (Å²) in [6.45, 7) is 4.66. The lowest BCUT2D eigenvalue weighted by molar-refractivity contribution is -0.135. The zero-order chi connectivity index (χ0) is 18.6. The van der Waals surface area contributed by atoms with E-state index < -0.39 is 0 Å². The number of rotatable bonds is 4. The predicted octanol–water partition coefficient (Wildman–Crippen LogP) is 1.86. The molecule has 28 heavy (non-hydrogen) atoms. The van der Waals surface area contributed by atoms with Gasteiger partial charge in [-0.15, -0.1) is 12.4 Å². The molecule has 2 aliphatic heterocycles. The third-order valence-corrected chi connectivity index (χ3v) is 5.42. The van der Waals surface area contributed by atoms with E-state index in [9.17, 15) is 9.59 Å². The van der Waals surface area contributed by atoms with E-state index in [2.05, 4.69) is 10.6 Å². The van der Waals surface area contributed by atoms with E-state index in [1.54, 1.807) is 0 Å². The molecule has 4 rings (SSSR count). The molecule has 2 N–H and O–H groups in total. The lowest BCUT2D eigenvalue weighted by Crippen LogP contribution is -2.42. The van der Waals surface area contributed by atoms with Gasteiger partial charge in [0.1, 0.15) is 6.54 Å². The van der Waals surface area contributed by atoms with Gasteiger partial charge in [-0.1, -0.05) is 0 Å². The third kappa shape index (κ3) is 4.66. The van der Waals surface area contributed by atoms with Crippen molar-refractivity contribution in [2.45, 2.75) is 19.4 Å². The first-order valence-corrected chi connectivity index (χ1v) is 9.67. The van der Waals surface area contributed by atoms with Crippen LogP contribution in [-0.4, -0.2) is 60.7 Å². The highest BCUT2D eigenvalue weighted by atomic mass is 35.5. The molecule has 7 nitrogen and oxygen atoms in total. The number of benzene rings is 1. The van der Waals surface area contributed by atoms with Crippen molar-refractivity contribution >= 4 is 40.8 Å². The molecule has 1 aromatic heterocycles. The average molecular weight is 407 g/mol. The molecule has 0 bridgehead atoms. The number of halogens is 1. The van der Waals surface area contributed by atoms with Crippen molar-refractivity contribution in [3.05, 3.63) is 30.5 Å². The van der Waals surface area contributed by atoms with E-state index in [-0.39, 0.29) is 30.1 Å². The number of piperidine rings is 1. The minimum atomic E-state index is 0. The second-order valence-corrected chi connectivity index (χ2v) is 7.22. The first-order valence-electron chi connectivity index (χ1n) is 9.67. The van der Waals surface area contributed by atoms with Gasteiger partial charge >= 0.3 is 0 Å². The van der Waals surface area contributed by atoms with E-state index in [0.717, 1.165) is 42.5 Å². The molecule has 1 aromatic carbocycles. The Labute approximate surface area is 170 Å². The summed E-state index contributed by atoms with van der Waals surface area (Å²) in [6.07, 6.45) is 3.70. The minimum Gasteiger partial charge on any atom is -0.378 e. The van der Waals surface area contributed by atoms with Crippen LogP contribution in [0.1, 0.15) is 12.8 Å². The van der Waals surface area contributed by atoms with Crippen LogP contribution in [0.4, 0.5) is 5.69 Å². The number of hydrogen-bond acceptors (Lipinski definition) is 4. The molecule has 2 aliphatic rings. The predicted molar refractivity (Wildman–Crippen MR) is 111 cm³/mol. The number of carbonyl (C=O) groups excluding carboxylic acids is 2. The molecule has 0 spiro atoms. The fourth-order valence-corrected chi connectivity index (χ4v) is 3.80. The Morgan fingerprint density at radius 2 is 1.89 bits per heavy atom. The molecule has 0 unspecified atom stereocenters. The second-order valence-electron chi connectivity index (χ2n) is 7.22. The van der Waals surface area contributed by atoms with E-state index in [1.165, 1.54) is 0 Å². The molecule has 2 amide bonds. The monoisotopic (exact) mass is 406 g/mol. The van der Waals surface area contributed by atoms with Gasteiger partial charge < -0.3 is 24.8 Å². The lowest BCUT2D eigenvalue weighted by Gasteiger charge is -2.27. The van der Waals surface area contributed by atoms with Gasteiger partial charge in [-0.25, -0.2) is 0 Å². The van der Waals surface area contributed by atoms with Crippen molar-refractivity contribution in [2.75, 3.05) is 44.7 Å². The molecule has 8 heteroatoms. The van der Waals surface area contributed by atoms with Crippen molar-refractivity contribution < 1.29 is 14.3 Å². The van der Waals surface area contributed by atoms with Gasteiger partial charge in [-0.2, -0.15) is 0 Å². The summed E-state index contributed by atoms with van der Waals surface area (Å²) in [6, 6.07) is 7.85. The highest BCUT2D eigenvalue weighted by molar-refractivity contribution is 5.95. The summed E-state index contributed by atoms with van der Waals surface area (Å²) in [5.74, 6) is 0.287. The van der Waals surface area contributed by atoms with Crippen molar-refractivity contribution in [1.82, 2.24) is 14.8 Å². The number of aromatic nitrogens is 1. The largest absolute Gasteiger partial charge is 0.378 e. The highest BCUT2D eigenvalue weighted by Crippen LogP contribution is 2.22. The maximum absolute atomic E-state index is 12.5. The van der Waals surface area contributed by atoms with Crippen LogP contribution >= 0.6 is 12.4 Å². The minimum absolute atomic E-state index is 0. The van der Waals surface area contributed by atoms with Crippen molar-refractivity contribution in [3.63, 3.8) is 0 Å². The fraction of sp³-hybridized carbons (Fsp3) is 0.500. The van der Waals surface area contributed by atoms with Crippen LogP contribution < -0.4 is 10.6 Å². The maximum Gasteiger partial charge on any atom is 0.242 e. The number of hydrogen-bond donors (Lipinski definition) is 2. The van der Waals surface area contributed by atoms with Crippen molar-refractivity contribution in [2.24, 2.45) is 5.92 Å². The number of morpholine rings is 1. The second kappa shape index (κ2) is 9.41. The standard InChI is InChI=1S/C20H26N4O3.ClH/c25-19(23-9-11-27-12-10-23)14-24-8-5-16-13-17(1-2-18(16)24)22-20(26)15-3-6-21-7-4-15;/h1-2,5,8,13,15,21H,3-4,6-7,9-12,14H2,(H,22,26);1H. The van der Waals surface area contributed by atoms with E-state index >= 15 is 0 Å². The van der Waals surface area contributed by atoms with Crippen LogP contribution in [0.15, 0.2) is 30.5 Å². The molecule has 2 fully saturated rings. The van der Waals surface area contributed by atoms with Gasteiger partial charge in [-0.05, 0) is 50.2 Å². The lowest BCUT2D eigenvalue weighted by atomic mass is 9.97. The zero-order valence-corrected chi connectivity index (χ0v) is 16.7. The third-order valence-electron chi connectivity index (χ3n) is 5.42. The molecule has 2 saturated heterocycles. The summed E-state index contributed by atoms with van der Waals surface area (Å²) in [4.78, 5) is 26.8. The number of ether oxygens (including phenoxy) is 1. The van der Waals surface area contributed by atoms with Crippen LogP contribution in [0.5, 0.6) is 0 Å².